The van der Waals surface area contributed by atoms with Crippen LogP contribution >= 0.6 is 0 Å². The molecular formula is C18H22BiI. The summed E-state index contributed by atoms with van der Waals surface area (Å²) in [6.07, 6.45) is 0. The summed E-state index contributed by atoms with van der Waals surface area (Å²) in [5.74, 6) is 0. The van der Waals surface area contributed by atoms with Crippen LogP contribution in [0.1, 0.15) is 33.4 Å². The first-order chi connectivity index (χ1) is 8.88. The maximum absolute atomic E-state index is 2.34. The quantitative estimate of drug-likeness (QED) is 0.356. The van der Waals surface area contributed by atoms with Crippen LogP contribution in [0.2, 0.25) is 0 Å². The van der Waals surface area contributed by atoms with Crippen molar-refractivity contribution < 1.29 is 24.0 Å². The van der Waals surface area contributed by atoms with E-state index in [0.29, 0.717) is 0 Å². The van der Waals surface area contributed by atoms with Crippen molar-refractivity contribution >= 4 is 29.8 Å². The Morgan fingerprint density at radius 3 is 1.05 bits per heavy atom. The van der Waals surface area contributed by atoms with Gasteiger partial charge in [-0.15, -0.1) is 0 Å². The normalized spacial score (nSPS) is 10.3. The second kappa shape index (κ2) is 7.36. The second-order valence-electron chi connectivity index (χ2n) is 5.61. The average Bonchev–Trinajstić information content (AvgIpc) is 2.25. The predicted molar refractivity (Wildman–Crippen MR) is 86.3 cm³/mol. The van der Waals surface area contributed by atoms with Gasteiger partial charge in [0.1, 0.15) is 0 Å². The zero-order valence-electron chi connectivity index (χ0n) is 13.1. The van der Waals surface area contributed by atoms with Crippen LogP contribution in [0.4, 0.5) is 0 Å². The first-order valence-corrected chi connectivity index (χ1v) is 10.2. The van der Waals surface area contributed by atoms with E-state index in [1.165, 1.54) is 33.4 Å². The molecular weight excluding hydrogens is 552 g/mol. The summed E-state index contributed by atoms with van der Waals surface area (Å²) in [4.78, 5) is 0. The van der Waals surface area contributed by atoms with Crippen LogP contribution in [-0.4, -0.2) is 23.2 Å². The summed E-state index contributed by atoms with van der Waals surface area (Å²) in [5.41, 5.74) is 8.75. The predicted octanol–water partition coefficient (Wildman–Crippen LogP) is 0.196. The Bertz CT molecular complexity index is 528. The molecule has 2 aromatic carbocycles. The first kappa shape index (κ1) is 18.1. The number of halogens is 1. The van der Waals surface area contributed by atoms with E-state index in [0.717, 1.165) is 0 Å². The smallest absolute Gasteiger partial charge is 1.00 e. The van der Waals surface area contributed by atoms with Gasteiger partial charge in [0.25, 0.3) is 0 Å². The van der Waals surface area contributed by atoms with Crippen molar-refractivity contribution in [3.63, 3.8) is 0 Å². The molecule has 20 heavy (non-hydrogen) atoms. The maximum Gasteiger partial charge on any atom is -1.00 e. The standard InChI is InChI=1S/2C9H11.Bi.HI/c2*1-7-4-8(2)6-9(3)5-7;;/h2*4-5H,1-3H3;;1H/q;;+1;/p-1. The largest absolute Gasteiger partial charge is 1.00 e. The number of hydrogen-bond donors (Lipinski definition) is 0. The van der Waals surface area contributed by atoms with Crippen LogP contribution in [0.5, 0.6) is 0 Å². The fourth-order valence-electron chi connectivity index (χ4n) is 2.81. The van der Waals surface area contributed by atoms with Crippen LogP contribution < -0.4 is 30.5 Å². The third-order valence-electron chi connectivity index (χ3n) is 3.49. The molecule has 2 rings (SSSR count). The molecule has 0 fully saturated rings. The maximum atomic E-state index is 2.34. The van der Waals surface area contributed by atoms with Gasteiger partial charge < -0.3 is 24.0 Å². The molecule has 0 amide bonds. The van der Waals surface area contributed by atoms with Crippen LogP contribution in [0.25, 0.3) is 0 Å². The summed E-state index contributed by atoms with van der Waals surface area (Å²) in [6, 6.07) is 9.35. The van der Waals surface area contributed by atoms with E-state index in [-0.39, 0.29) is 24.0 Å². The minimum atomic E-state index is -0.812. The average molecular weight is 574 g/mol. The van der Waals surface area contributed by atoms with Gasteiger partial charge in [0, 0.05) is 0 Å². The molecule has 0 N–H and O–H groups in total. The van der Waals surface area contributed by atoms with Crippen molar-refractivity contribution in [2.45, 2.75) is 41.5 Å². The monoisotopic (exact) mass is 574 g/mol. The Morgan fingerprint density at radius 2 is 0.800 bits per heavy atom. The van der Waals surface area contributed by atoms with E-state index in [1.807, 2.05) is 0 Å². The van der Waals surface area contributed by atoms with Gasteiger partial charge in [0.15, 0.2) is 0 Å². The molecule has 0 heterocycles. The number of aryl methyl sites for hydroxylation is 6. The molecule has 0 saturated heterocycles. The molecule has 0 saturated carbocycles. The van der Waals surface area contributed by atoms with Gasteiger partial charge >= 0.3 is 129 Å². The van der Waals surface area contributed by atoms with Crippen LogP contribution in [0, 0.1) is 41.5 Å². The van der Waals surface area contributed by atoms with E-state index in [1.54, 1.807) is 6.54 Å². The number of rotatable bonds is 2. The zero-order valence-corrected chi connectivity index (χ0v) is 18.8. The minimum Gasteiger partial charge on any atom is -1.00 e. The van der Waals surface area contributed by atoms with Gasteiger partial charge in [-0.25, -0.2) is 0 Å². The minimum absolute atomic E-state index is 0. The fourth-order valence-corrected chi connectivity index (χ4v) is 7.42. The molecule has 2 radical (unpaired) electrons. The topological polar surface area (TPSA) is 0 Å². The molecule has 0 aromatic heterocycles. The second-order valence-corrected chi connectivity index (χ2v) is 9.95. The summed E-state index contributed by atoms with van der Waals surface area (Å²) < 4.78 is 3.33. The molecule has 0 unspecified atom stereocenters. The van der Waals surface area contributed by atoms with Gasteiger partial charge in [-0.3, -0.25) is 0 Å². The first-order valence-electron chi connectivity index (χ1n) is 6.76. The molecule has 2 aromatic rings. The van der Waals surface area contributed by atoms with Crippen molar-refractivity contribution in [1.82, 2.24) is 0 Å². The summed E-state index contributed by atoms with van der Waals surface area (Å²) in [5, 5.41) is 0. The molecule has 0 aliphatic rings. The molecule has 106 valence electrons. The SMILES string of the molecule is Cc1cc(C)[c]([Bi+][c]2c(C)cc(C)cc2C)c(C)c1.[I-]. The van der Waals surface area contributed by atoms with Crippen LogP contribution in [0.3, 0.4) is 0 Å². The zero-order chi connectivity index (χ0) is 14.2. The molecule has 0 nitrogen and oxygen atoms in total. The van der Waals surface area contributed by atoms with Gasteiger partial charge in [-0.05, 0) is 0 Å². The molecule has 0 bridgehead atoms. The van der Waals surface area contributed by atoms with E-state index in [2.05, 4.69) is 65.8 Å². The van der Waals surface area contributed by atoms with Gasteiger partial charge in [-0.1, -0.05) is 0 Å². The Hall–Kier alpha value is 0.0531. The molecule has 0 aliphatic heterocycles. The Morgan fingerprint density at radius 1 is 0.550 bits per heavy atom. The third kappa shape index (κ3) is 4.04. The van der Waals surface area contributed by atoms with Crippen molar-refractivity contribution in [3.8, 4) is 0 Å². The molecule has 0 atom stereocenters. The Balaban J connectivity index is 0.00000200. The summed E-state index contributed by atoms with van der Waals surface area (Å²) in [6.45, 7) is 13.5. The summed E-state index contributed by atoms with van der Waals surface area (Å²) in [7, 11) is 0. The van der Waals surface area contributed by atoms with Gasteiger partial charge in [0.2, 0.25) is 0 Å². The van der Waals surface area contributed by atoms with Crippen molar-refractivity contribution in [2.75, 3.05) is 0 Å². The Labute approximate surface area is 152 Å². The fraction of sp³-hybridized carbons (Fsp3) is 0.333. The van der Waals surface area contributed by atoms with Crippen molar-refractivity contribution in [3.05, 3.63) is 57.6 Å². The van der Waals surface area contributed by atoms with E-state index < -0.39 is 23.2 Å². The summed E-state index contributed by atoms with van der Waals surface area (Å²) >= 11 is -0.812. The number of benzene rings is 2. The van der Waals surface area contributed by atoms with E-state index in [4.69, 9.17) is 0 Å². The van der Waals surface area contributed by atoms with Gasteiger partial charge in [-0.2, -0.15) is 0 Å². The third-order valence-corrected chi connectivity index (χ3v) is 10.7. The Kier molecular flexibility index (Phi) is 6.66. The van der Waals surface area contributed by atoms with Crippen molar-refractivity contribution in [1.29, 1.82) is 0 Å². The molecule has 0 aliphatic carbocycles. The molecule has 0 spiro atoms. The van der Waals surface area contributed by atoms with Crippen LogP contribution in [-0.2, 0) is 0 Å². The van der Waals surface area contributed by atoms with Crippen molar-refractivity contribution in [2.24, 2.45) is 0 Å². The van der Waals surface area contributed by atoms with Crippen LogP contribution in [0.15, 0.2) is 24.3 Å². The van der Waals surface area contributed by atoms with E-state index >= 15 is 0 Å². The molecule has 2 heteroatoms. The number of hydrogen-bond acceptors (Lipinski definition) is 0. The van der Waals surface area contributed by atoms with E-state index in [9.17, 15) is 0 Å². The van der Waals surface area contributed by atoms with Gasteiger partial charge in [0.05, 0.1) is 0 Å².